The second kappa shape index (κ2) is 8.54. The number of hydrogen-bond donors (Lipinski definition) is 1. The van der Waals surface area contributed by atoms with Crippen molar-refractivity contribution >= 4 is 23.4 Å². The van der Waals surface area contributed by atoms with Gasteiger partial charge in [0.15, 0.2) is 0 Å². The smallest absolute Gasteiger partial charge is 0.226 e. The number of hydrogen-bond acceptors (Lipinski definition) is 4. The number of benzene rings is 1. The van der Waals surface area contributed by atoms with Crippen molar-refractivity contribution in [2.24, 2.45) is 13.0 Å². The third-order valence-electron chi connectivity index (χ3n) is 4.84. The standard InChI is InChI=1S/C19H23ClN4O3/c1-23-8-7-21-18(23)17-14(11-16(25)24(17)9-10-27-2)19(26)22-12-13-5-3-4-6-15(13)20/h3-8,14,17H,9-12H2,1-2H3,(H,22,26)/t14-,17-/m0/s1. The van der Waals surface area contributed by atoms with Crippen molar-refractivity contribution in [1.82, 2.24) is 19.8 Å². The zero-order valence-electron chi connectivity index (χ0n) is 15.4. The molecule has 0 saturated carbocycles. The Labute approximate surface area is 163 Å². The van der Waals surface area contributed by atoms with Crippen LogP contribution >= 0.6 is 11.6 Å². The summed E-state index contributed by atoms with van der Waals surface area (Å²) in [6.07, 6.45) is 3.63. The summed E-state index contributed by atoms with van der Waals surface area (Å²) < 4.78 is 6.97. The zero-order chi connectivity index (χ0) is 19.4. The van der Waals surface area contributed by atoms with Gasteiger partial charge < -0.3 is 19.5 Å². The minimum absolute atomic E-state index is 0.0713. The Kier molecular flexibility index (Phi) is 6.13. The molecule has 1 fully saturated rings. The quantitative estimate of drug-likeness (QED) is 0.783. The highest BCUT2D eigenvalue weighted by Crippen LogP contribution is 2.37. The first-order valence-corrected chi connectivity index (χ1v) is 9.17. The molecule has 0 spiro atoms. The van der Waals surface area contributed by atoms with Gasteiger partial charge in [0.05, 0.1) is 12.5 Å². The van der Waals surface area contributed by atoms with E-state index in [1.54, 1.807) is 24.3 Å². The van der Waals surface area contributed by atoms with Crippen LogP contribution in [0.4, 0.5) is 0 Å². The largest absolute Gasteiger partial charge is 0.383 e. The van der Waals surface area contributed by atoms with Crippen molar-refractivity contribution in [2.75, 3.05) is 20.3 Å². The molecule has 1 N–H and O–H groups in total. The molecule has 2 amide bonds. The number of ether oxygens (including phenoxy) is 1. The molecule has 8 heteroatoms. The van der Waals surface area contributed by atoms with Gasteiger partial charge in [-0.15, -0.1) is 0 Å². The fourth-order valence-electron chi connectivity index (χ4n) is 3.42. The molecule has 0 aliphatic carbocycles. The number of likely N-dealkylation sites (tertiary alicyclic amines) is 1. The number of halogens is 1. The van der Waals surface area contributed by atoms with E-state index in [0.717, 1.165) is 5.56 Å². The lowest BCUT2D eigenvalue weighted by molar-refractivity contribution is -0.129. The van der Waals surface area contributed by atoms with Crippen molar-refractivity contribution in [1.29, 1.82) is 0 Å². The minimum atomic E-state index is -0.516. The number of amides is 2. The Balaban J connectivity index is 1.79. The Morgan fingerprint density at radius 1 is 1.41 bits per heavy atom. The summed E-state index contributed by atoms with van der Waals surface area (Å²) in [6.45, 7) is 1.14. The van der Waals surface area contributed by atoms with Gasteiger partial charge in [-0.1, -0.05) is 29.8 Å². The fraction of sp³-hybridized carbons (Fsp3) is 0.421. The minimum Gasteiger partial charge on any atom is -0.383 e. The topological polar surface area (TPSA) is 76.5 Å². The maximum absolute atomic E-state index is 12.9. The van der Waals surface area contributed by atoms with Crippen LogP contribution in [-0.2, 0) is 27.9 Å². The van der Waals surface area contributed by atoms with Crippen LogP contribution in [0.2, 0.25) is 5.02 Å². The summed E-state index contributed by atoms with van der Waals surface area (Å²) in [7, 11) is 3.45. The van der Waals surface area contributed by atoms with Crippen molar-refractivity contribution in [2.45, 2.75) is 19.0 Å². The molecule has 7 nitrogen and oxygen atoms in total. The number of aryl methyl sites for hydroxylation is 1. The van der Waals surface area contributed by atoms with E-state index in [-0.39, 0.29) is 18.2 Å². The second-order valence-electron chi connectivity index (χ2n) is 6.54. The van der Waals surface area contributed by atoms with Gasteiger partial charge in [0, 0.05) is 51.1 Å². The van der Waals surface area contributed by atoms with Gasteiger partial charge in [0.25, 0.3) is 0 Å². The van der Waals surface area contributed by atoms with E-state index in [0.29, 0.717) is 30.5 Å². The third-order valence-corrected chi connectivity index (χ3v) is 5.21. The Morgan fingerprint density at radius 2 is 2.19 bits per heavy atom. The molecule has 0 unspecified atom stereocenters. The van der Waals surface area contributed by atoms with Crippen molar-refractivity contribution < 1.29 is 14.3 Å². The number of methoxy groups -OCH3 is 1. The monoisotopic (exact) mass is 390 g/mol. The highest BCUT2D eigenvalue weighted by Gasteiger charge is 2.46. The second-order valence-corrected chi connectivity index (χ2v) is 6.95. The number of carbonyl (C=O) groups is 2. The molecule has 1 aromatic carbocycles. The number of rotatable bonds is 7. The van der Waals surface area contributed by atoms with Crippen LogP contribution in [0, 0.1) is 5.92 Å². The molecule has 27 heavy (non-hydrogen) atoms. The molecule has 2 aromatic rings. The van der Waals surface area contributed by atoms with Crippen molar-refractivity contribution in [3.63, 3.8) is 0 Å². The molecule has 2 atom stereocenters. The van der Waals surface area contributed by atoms with Gasteiger partial charge in [-0.25, -0.2) is 4.98 Å². The molecule has 1 aromatic heterocycles. The third kappa shape index (κ3) is 4.14. The molecule has 2 heterocycles. The molecule has 0 radical (unpaired) electrons. The number of nitrogens with one attached hydrogen (secondary N) is 1. The normalized spacial score (nSPS) is 19.5. The molecular formula is C19H23ClN4O3. The maximum Gasteiger partial charge on any atom is 0.226 e. The summed E-state index contributed by atoms with van der Waals surface area (Å²) in [6, 6.07) is 6.94. The summed E-state index contributed by atoms with van der Waals surface area (Å²) in [5, 5.41) is 3.52. The van der Waals surface area contributed by atoms with Gasteiger partial charge in [-0.3, -0.25) is 9.59 Å². The SMILES string of the molecule is COCCN1C(=O)C[C@H](C(=O)NCc2ccccc2Cl)[C@H]1c1nccn1C. The maximum atomic E-state index is 12.9. The van der Waals surface area contributed by atoms with Crippen LogP contribution in [0.25, 0.3) is 0 Å². The first-order valence-electron chi connectivity index (χ1n) is 8.79. The summed E-state index contributed by atoms with van der Waals surface area (Å²) in [4.78, 5) is 31.6. The van der Waals surface area contributed by atoms with Crippen LogP contribution in [0.3, 0.4) is 0 Å². The van der Waals surface area contributed by atoms with Crippen molar-refractivity contribution in [3.8, 4) is 0 Å². The van der Waals surface area contributed by atoms with Gasteiger partial charge in [-0.05, 0) is 11.6 Å². The predicted molar refractivity (Wildman–Crippen MR) is 101 cm³/mol. The molecule has 3 rings (SSSR count). The summed E-state index contributed by atoms with van der Waals surface area (Å²) in [5.41, 5.74) is 0.835. The fourth-order valence-corrected chi connectivity index (χ4v) is 3.62. The first-order chi connectivity index (χ1) is 13.0. The number of carbonyl (C=O) groups excluding carboxylic acids is 2. The number of imidazole rings is 1. The van der Waals surface area contributed by atoms with Gasteiger partial charge in [0.1, 0.15) is 11.9 Å². The van der Waals surface area contributed by atoms with E-state index in [1.807, 2.05) is 36.0 Å². The lowest BCUT2D eigenvalue weighted by atomic mass is 9.98. The summed E-state index contributed by atoms with van der Waals surface area (Å²) in [5.74, 6) is -0.0816. The first kappa shape index (κ1) is 19.4. The van der Waals surface area contributed by atoms with E-state index >= 15 is 0 Å². The van der Waals surface area contributed by atoms with E-state index in [1.165, 1.54) is 0 Å². The van der Waals surface area contributed by atoms with Crippen LogP contribution < -0.4 is 5.32 Å². The van der Waals surface area contributed by atoms with Gasteiger partial charge in [-0.2, -0.15) is 0 Å². The highest BCUT2D eigenvalue weighted by atomic mass is 35.5. The van der Waals surface area contributed by atoms with E-state index in [4.69, 9.17) is 16.3 Å². The number of aromatic nitrogens is 2. The molecule has 144 valence electrons. The zero-order valence-corrected chi connectivity index (χ0v) is 16.1. The van der Waals surface area contributed by atoms with Gasteiger partial charge in [0.2, 0.25) is 11.8 Å². The average molecular weight is 391 g/mol. The lowest BCUT2D eigenvalue weighted by Gasteiger charge is -2.27. The van der Waals surface area contributed by atoms with Crippen LogP contribution in [-0.4, -0.2) is 46.5 Å². The Morgan fingerprint density at radius 3 is 2.85 bits per heavy atom. The van der Waals surface area contributed by atoms with Crippen LogP contribution in [0.15, 0.2) is 36.7 Å². The van der Waals surface area contributed by atoms with Gasteiger partial charge >= 0.3 is 0 Å². The Bertz CT molecular complexity index is 823. The molecular weight excluding hydrogens is 368 g/mol. The van der Waals surface area contributed by atoms with Crippen molar-refractivity contribution in [3.05, 3.63) is 53.1 Å². The predicted octanol–water partition coefficient (Wildman–Crippen LogP) is 1.93. The molecule has 1 aliphatic rings. The number of nitrogens with zero attached hydrogens (tertiary/aromatic N) is 3. The Hall–Kier alpha value is -2.38. The van der Waals surface area contributed by atoms with E-state index in [9.17, 15) is 9.59 Å². The van der Waals surface area contributed by atoms with E-state index in [2.05, 4.69) is 10.3 Å². The highest BCUT2D eigenvalue weighted by molar-refractivity contribution is 6.31. The molecule has 1 saturated heterocycles. The average Bonchev–Trinajstić information content (AvgIpc) is 3.21. The molecule has 1 aliphatic heterocycles. The summed E-state index contributed by atoms with van der Waals surface area (Å²) >= 11 is 6.16. The molecule has 0 bridgehead atoms. The van der Waals surface area contributed by atoms with E-state index < -0.39 is 12.0 Å². The van der Waals surface area contributed by atoms with Crippen LogP contribution in [0.1, 0.15) is 23.9 Å². The lowest BCUT2D eigenvalue weighted by Crippen LogP contribution is -2.37. The van der Waals surface area contributed by atoms with Crippen LogP contribution in [0.5, 0.6) is 0 Å².